The van der Waals surface area contributed by atoms with Crippen molar-refractivity contribution in [1.29, 1.82) is 0 Å². The number of carbonyl (C=O) groups is 1. The summed E-state index contributed by atoms with van der Waals surface area (Å²) in [5.74, 6) is -0.505. The zero-order valence-electron chi connectivity index (χ0n) is 10.5. The Bertz CT molecular complexity index is 654. The lowest BCUT2D eigenvalue weighted by Crippen LogP contribution is -2.08. The highest BCUT2D eigenvalue weighted by molar-refractivity contribution is 7.95. The van der Waals surface area contributed by atoms with Gasteiger partial charge in [0, 0.05) is 5.41 Å². The number of rotatable bonds is 2. The van der Waals surface area contributed by atoms with E-state index in [1.54, 1.807) is 13.0 Å². The second kappa shape index (κ2) is 4.24. The van der Waals surface area contributed by atoms with Crippen LogP contribution in [0.15, 0.2) is 22.4 Å². The van der Waals surface area contributed by atoms with Crippen LogP contribution in [0.3, 0.4) is 0 Å². The molecule has 0 saturated heterocycles. The van der Waals surface area contributed by atoms with Gasteiger partial charge in [-0.3, -0.25) is 0 Å². The molecular weight excluding hydrogens is 252 g/mol. The van der Waals surface area contributed by atoms with E-state index in [4.69, 9.17) is 0 Å². The highest BCUT2D eigenvalue weighted by Gasteiger charge is 2.27. The Kier molecular flexibility index (Phi) is 3.02. The van der Waals surface area contributed by atoms with Gasteiger partial charge in [-0.05, 0) is 42.2 Å². The molecular formula is C13H14O4S. The molecule has 0 fully saturated rings. The minimum atomic E-state index is -3.41. The SMILES string of the molecule is CCc1cc2c(cc1C(=O)OC)S(=O)(=O)C=C2C. The molecule has 1 aliphatic rings. The third-order valence-corrected chi connectivity index (χ3v) is 4.67. The van der Waals surface area contributed by atoms with Crippen molar-refractivity contribution in [2.45, 2.75) is 25.2 Å². The molecule has 18 heavy (non-hydrogen) atoms. The van der Waals surface area contributed by atoms with Gasteiger partial charge in [0.25, 0.3) is 0 Å². The Labute approximate surface area is 106 Å². The van der Waals surface area contributed by atoms with Crippen LogP contribution in [0.2, 0.25) is 0 Å². The van der Waals surface area contributed by atoms with Crippen molar-refractivity contribution in [3.05, 3.63) is 34.2 Å². The highest BCUT2D eigenvalue weighted by Crippen LogP contribution is 2.35. The van der Waals surface area contributed by atoms with E-state index in [1.807, 2.05) is 6.92 Å². The van der Waals surface area contributed by atoms with Crippen LogP contribution in [0.1, 0.15) is 35.3 Å². The number of aryl methyl sites for hydroxylation is 1. The number of ether oxygens (including phenoxy) is 1. The van der Waals surface area contributed by atoms with Crippen molar-refractivity contribution in [3.63, 3.8) is 0 Å². The summed E-state index contributed by atoms with van der Waals surface area (Å²) in [7, 11) is -2.13. The molecule has 0 radical (unpaired) electrons. The van der Waals surface area contributed by atoms with E-state index >= 15 is 0 Å². The first-order valence-corrected chi connectivity index (χ1v) is 7.14. The van der Waals surface area contributed by atoms with E-state index in [0.717, 1.165) is 5.56 Å². The van der Waals surface area contributed by atoms with Gasteiger partial charge in [0.1, 0.15) is 0 Å². The molecule has 1 aromatic carbocycles. The van der Waals surface area contributed by atoms with Crippen LogP contribution in [0.4, 0.5) is 0 Å². The third kappa shape index (κ3) is 1.84. The van der Waals surface area contributed by atoms with E-state index in [1.165, 1.54) is 18.6 Å². The Balaban J connectivity index is 2.74. The molecule has 0 bridgehead atoms. The van der Waals surface area contributed by atoms with Crippen molar-refractivity contribution >= 4 is 21.4 Å². The molecule has 4 nitrogen and oxygen atoms in total. The van der Waals surface area contributed by atoms with Gasteiger partial charge in [-0.25, -0.2) is 13.2 Å². The minimum Gasteiger partial charge on any atom is -0.465 e. The summed E-state index contributed by atoms with van der Waals surface area (Å²) in [5, 5.41) is 1.23. The molecule has 0 atom stereocenters. The van der Waals surface area contributed by atoms with Crippen molar-refractivity contribution in [2.24, 2.45) is 0 Å². The first-order valence-electron chi connectivity index (χ1n) is 5.59. The topological polar surface area (TPSA) is 60.4 Å². The lowest BCUT2D eigenvalue weighted by molar-refractivity contribution is 0.0599. The summed E-state index contributed by atoms with van der Waals surface area (Å²) in [4.78, 5) is 11.8. The predicted molar refractivity (Wildman–Crippen MR) is 68.0 cm³/mol. The maximum atomic E-state index is 11.9. The average Bonchev–Trinajstić information content (AvgIpc) is 2.57. The predicted octanol–water partition coefficient (Wildman–Crippen LogP) is 2.18. The van der Waals surface area contributed by atoms with Crippen molar-refractivity contribution < 1.29 is 17.9 Å². The average molecular weight is 266 g/mol. The van der Waals surface area contributed by atoms with Gasteiger partial charge in [-0.2, -0.15) is 0 Å². The lowest BCUT2D eigenvalue weighted by Gasteiger charge is -2.09. The minimum absolute atomic E-state index is 0.192. The monoisotopic (exact) mass is 266 g/mol. The zero-order valence-corrected chi connectivity index (χ0v) is 11.3. The van der Waals surface area contributed by atoms with Gasteiger partial charge in [0.05, 0.1) is 17.6 Å². The van der Waals surface area contributed by atoms with Crippen LogP contribution in [0.25, 0.3) is 5.57 Å². The Morgan fingerprint density at radius 2 is 2.00 bits per heavy atom. The van der Waals surface area contributed by atoms with Crippen LogP contribution in [-0.2, 0) is 21.0 Å². The second-order valence-corrected chi connectivity index (χ2v) is 5.96. The number of hydrogen-bond donors (Lipinski definition) is 0. The summed E-state index contributed by atoms with van der Waals surface area (Å²) in [6, 6.07) is 3.18. The zero-order chi connectivity index (χ0) is 13.5. The summed E-state index contributed by atoms with van der Waals surface area (Å²) < 4.78 is 28.5. The maximum absolute atomic E-state index is 11.9. The number of esters is 1. The normalized spacial score (nSPS) is 16.1. The summed E-state index contributed by atoms with van der Waals surface area (Å²) in [6.45, 7) is 3.66. The van der Waals surface area contributed by atoms with Gasteiger partial charge in [0.2, 0.25) is 9.84 Å². The van der Waals surface area contributed by atoms with Gasteiger partial charge in [0.15, 0.2) is 0 Å². The number of sulfone groups is 1. The largest absolute Gasteiger partial charge is 0.465 e. The molecule has 96 valence electrons. The van der Waals surface area contributed by atoms with E-state index in [9.17, 15) is 13.2 Å². The Morgan fingerprint density at radius 1 is 1.33 bits per heavy atom. The Morgan fingerprint density at radius 3 is 2.56 bits per heavy atom. The fourth-order valence-corrected chi connectivity index (χ4v) is 3.65. The lowest BCUT2D eigenvalue weighted by atomic mass is 9.99. The van der Waals surface area contributed by atoms with Crippen LogP contribution in [-0.4, -0.2) is 21.5 Å². The van der Waals surface area contributed by atoms with Gasteiger partial charge >= 0.3 is 5.97 Å². The van der Waals surface area contributed by atoms with Crippen LogP contribution in [0, 0.1) is 0 Å². The van der Waals surface area contributed by atoms with Gasteiger partial charge < -0.3 is 4.74 Å². The quantitative estimate of drug-likeness (QED) is 0.770. The van der Waals surface area contributed by atoms with Crippen LogP contribution in [0.5, 0.6) is 0 Å². The number of allylic oxidation sites excluding steroid dienone is 1. The first kappa shape index (κ1) is 12.8. The van der Waals surface area contributed by atoms with Crippen LogP contribution < -0.4 is 0 Å². The fourth-order valence-electron chi connectivity index (χ4n) is 2.12. The van der Waals surface area contributed by atoms with E-state index in [2.05, 4.69) is 4.74 Å². The van der Waals surface area contributed by atoms with Crippen molar-refractivity contribution in [1.82, 2.24) is 0 Å². The second-order valence-electron chi connectivity index (χ2n) is 4.20. The summed E-state index contributed by atoms with van der Waals surface area (Å²) in [6.07, 6.45) is 0.644. The van der Waals surface area contributed by atoms with Gasteiger partial charge in [-0.15, -0.1) is 0 Å². The molecule has 0 saturated carbocycles. The van der Waals surface area contributed by atoms with Crippen molar-refractivity contribution in [3.8, 4) is 0 Å². The molecule has 1 aliphatic heterocycles. The molecule has 5 heteroatoms. The number of methoxy groups -OCH3 is 1. The molecule has 1 aromatic rings. The third-order valence-electron chi connectivity index (χ3n) is 3.05. The molecule has 0 unspecified atom stereocenters. The first-order chi connectivity index (χ1) is 8.40. The number of carbonyl (C=O) groups excluding carboxylic acids is 1. The van der Waals surface area contributed by atoms with Crippen LogP contribution >= 0.6 is 0 Å². The Hall–Kier alpha value is -1.62. The number of benzene rings is 1. The van der Waals surface area contributed by atoms with E-state index in [0.29, 0.717) is 23.1 Å². The molecule has 0 aliphatic carbocycles. The van der Waals surface area contributed by atoms with E-state index in [-0.39, 0.29) is 4.90 Å². The molecule has 0 aromatic heterocycles. The van der Waals surface area contributed by atoms with E-state index < -0.39 is 15.8 Å². The number of hydrogen-bond acceptors (Lipinski definition) is 4. The molecule has 1 heterocycles. The number of fused-ring (bicyclic) bond motifs is 1. The smallest absolute Gasteiger partial charge is 0.338 e. The highest BCUT2D eigenvalue weighted by atomic mass is 32.2. The van der Waals surface area contributed by atoms with Crippen molar-refractivity contribution in [2.75, 3.05) is 7.11 Å². The molecule has 0 spiro atoms. The molecule has 0 amide bonds. The standard InChI is InChI=1S/C13H14O4S/c1-4-9-5-10-8(2)7-18(15,16)12(10)6-11(9)13(14)17-3/h5-7H,4H2,1-3H3. The molecule has 2 rings (SSSR count). The maximum Gasteiger partial charge on any atom is 0.338 e. The fraction of sp³-hybridized carbons (Fsp3) is 0.308. The van der Waals surface area contributed by atoms with Gasteiger partial charge in [-0.1, -0.05) is 6.92 Å². The summed E-state index contributed by atoms with van der Waals surface area (Å²) >= 11 is 0. The summed E-state index contributed by atoms with van der Waals surface area (Å²) in [5.41, 5.74) is 2.51. The molecule has 0 N–H and O–H groups in total.